The van der Waals surface area contributed by atoms with Gasteiger partial charge in [-0.25, -0.2) is 4.98 Å². The SMILES string of the molecule is CC1(C)c2cc(-c3cccc(-c4cnc5c6ccccc6c6ccccc6c5n4)c3)ccc2-c2ccc(-n3c4ccccc4c4ccccc43)cc21. The largest absolute Gasteiger partial charge is 0.309 e. The van der Waals surface area contributed by atoms with E-state index < -0.39 is 0 Å². The van der Waals surface area contributed by atoms with Crippen LogP contribution in [-0.2, 0) is 5.41 Å². The molecule has 0 saturated heterocycles. The van der Waals surface area contributed by atoms with E-state index in [1.54, 1.807) is 0 Å². The van der Waals surface area contributed by atoms with Crippen LogP contribution in [0.5, 0.6) is 0 Å². The van der Waals surface area contributed by atoms with Crippen molar-refractivity contribution in [3.63, 3.8) is 0 Å². The first-order chi connectivity index (χ1) is 25.5. The summed E-state index contributed by atoms with van der Waals surface area (Å²) >= 11 is 0. The molecule has 0 spiro atoms. The molecule has 3 heteroatoms. The number of hydrogen-bond acceptors (Lipinski definition) is 2. The second-order valence-corrected chi connectivity index (χ2v) is 14.6. The number of fused-ring (bicyclic) bond motifs is 12. The van der Waals surface area contributed by atoms with Crippen LogP contribution in [0.2, 0.25) is 0 Å². The van der Waals surface area contributed by atoms with E-state index in [-0.39, 0.29) is 5.41 Å². The fraction of sp³-hybridized carbons (Fsp3) is 0.0612. The Morgan fingerprint density at radius 1 is 0.442 bits per heavy atom. The molecule has 0 bridgehead atoms. The summed E-state index contributed by atoms with van der Waals surface area (Å²) in [6.07, 6.45) is 1.93. The van der Waals surface area contributed by atoms with Crippen molar-refractivity contribution in [1.82, 2.24) is 14.5 Å². The smallest absolute Gasteiger partial charge is 0.0979 e. The molecule has 52 heavy (non-hydrogen) atoms. The number of para-hydroxylation sites is 2. The molecule has 0 amide bonds. The van der Waals surface area contributed by atoms with Gasteiger partial charge in [-0.05, 0) is 80.6 Å². The second kappa shape index (κ2) is 10.7. The average Bonchev–Trinajstić information content (AvgIpc) is 3.66. The summed E-state index contributed by atoms with van der Waals surface area (Å²) in [7, 11) is 0. The molecule has 0 unspecified atom stereocenters. The molecule has 0 N–H and O–H groups in total. The number of rotatable bonds is 3. The van der Waals surface area contributed by atoms with E-state index in [1.165, 1.54) is 71.6 Å². The van der Waals surface area contributed by atoms with Gasteiger partial charge < -0.3 is 4.57 Å². The van der Waals surface area contributed by atoms with Gasteiger partial charge in [0.2, 0.25) is 0 Å². The molecule has 0 saturated carbocycles. The zero-order chi connectivity index (χ0) is 34.6. The van der Waals surface area contributed by atoms with E-state index in [4.69, 9.17) is 9.97 Å². The zero-order valence-electron chi connectivity index (χ0n) is 28.9. The van der Waals surface area contributed by atoms with Crippen molar-refractivity contribution < 1.29 is 0 Å². The minimum atomic E-state index is -0.166. The summed E-state index contributed by atoms with van der Waals surface area (Å²) in [4.78, 5) is 10.3. The van der Waals surface area contributed by atoms with Gasteiger partial charge in [-0.15, -0.1) is 0 Å². The summed E-state index contributed by atoms with van der Waals surface area (Å²) in [5.41, 5.74) is 15.0. The van der Waals surface area contributed by atoms with E-state index >= 15 is 0 Å². The van der Waals surface area contributed by atoms with E-state index in [0.717, 1.165) is 33.1 Å². The average molecular weight is 664 g/mol. The minimum Gasteiger partial charge on any atom is -0.309 e. The molecule has 8 aromatic carbocycles. The fourth-order valence-corrected chi connectivity index (χ4v) is 8.86. The van der Waals surface area contributed by atoms with Crippen molar-refractivity contribution in [2.75, 3.05) is 0 Å². The monoisotopic (exact) mass is 663 g/mol. The van der Waals surface area contributed by atoms with Crippen LogP contribution < -0.4 is 0 Å². The molecule has 3 nitrogen and oxygen atoms in total. The number of aromatic nitrogens is 3. The van der Waals surface area contributed by atoms with Crippen LogP contribution in [0.25, 0.3) is 93.6 Å². The molecule has 0 fully saturated rings. The zero-order valence-corrected chi connectivity index (χ0v) is 28.9. The van der Waals surface area contributed by atoms with Crippen molar-refractivity contribution in [3.05, 3.63) is 175 Å². The lowest BCUT2D eigenvalue weighted by molar-refractivity contribution is 0.660. The highest BCUT2D eigenvalue weighted by Gasteiger charge is 2.36. The topological polar surface area (TPSA) is 30.7 Å². The third-order valence-corrected chi connectivity index (χ3v) is 11.4. The van der Waals surface area contributed by atoms with Crippen LogP contribution >= 0.6 is 0 Å². The highest BCUT2D eigenvalue weighted by molar-refractivity contribution is 6.23. The first-order valence-corrected chi connectivity index (χ1v) is 18.0. The normalized spacial score (nSPS) is 13.3. The van der Waals surface area contributed by atoms with Crippen molar-refractivity contribution in [3.8, 4) is 39.2 Å². The predicted octanol–water partition coefficient (Wildman–Crippen LogP) is 12.7. The molecule has 10 aromatic rings. The highest BCUT2D eigenvalue weighted by atomic mass is 15.0. The molecule has 1 aliphatic carbocycles. The lowest BCUT2D eigenvalue weighted by Crippen LogP contribution is -2.15. The molecule has 244 valence electrons. The molecular formula is C49H33N3. The van der Waals surface area contributed by atoms with E-state index in [2.05, 4.69) is 176 Å². The molecule has 2 heterocycles. The van der Waals surface area contributed by atoms with Crippen LogP contribution in [0.3, 0.4) is 0 Å². The van der Waals surface area contributed by atoms with Crippen molar-refractivity contribution >= 4 is 54.4 Å². The maximum absolute atomic E-state index is 5.27. The van der Waals surface area contributed by atoms with Crippen LogP contribution in [0.15, 0.2) is 164 Å². The van der Waals surface area contributed by atoms with Crippen molar-refractivity contribution in [2.24, 2.45) is 0 Å². The Hall–Kier alpha value is -6.58. The molecule has 0 aliphatic heterocycles. The van der Waals surface area contributed by atoms with E-state index in [1.807, 2.05) is 6.20 Å². The Morgan fingerprint density at radius 2 is 0.981 bits per heavy atom. The maximum Gasteiger partial charge on any atom is 0.0979 e. The Bertz CT molecular complexity index is 3020. The Labute approximate surface area is 301 Å². The van der Waals surface area contributed by atoms with Gasteiger partial charge in [0.25, 0.3) is 0 Å². The molecule has 11 rings (SSSR count). The standard InChI is InChI=1S/C49H33N3/c1-49(2)42-27-31(22-24-36(42)37-25-23-33(28-43(37)49)52-45-20-9-7-16-38(45)39-17-8-10-21-46(39)52)30-12-11-13-32(26-30)44-29-50-47-40-18-5-3-14-34(40)35-15-4-6-19-41(35)48(47)51-44/h3-29H,1-2H3. The second-order valence-electron chi connectivity index (χ2n) is 14.6. The molecule has 0 radical (unpaired) electrons. The molecular weight excluding hydrogens is 631 g/mol. The summed E-state index contributed by atoms with van der Waals surface area (Å²) in [5.74, 6) is 0. The maximum atomic E-state index is 5.27. The minimum absolute atomic E-state index is 0.166. The van der Waals surface area contributed by atoms with Crippen LogP contribution in [0.4, 0.5) is 0 Å². The number of benzene rings is 8. The third-order valence-electron chi connectivity index (χ3n) is 11.4. The van der Waals surface area contributed by atoms with Gasteiger partial charge in [0, 0.05) is 38.2 Å². The summed E-state index contributed by atoms with van der Waals surface area (Å²) in [5, 5.41) is 7.24. The van der Waals surface area contributed by atoms with Crippen molar-refractivity contribution in [1.29, 1.82) is 0 Å². The van der Waals surface area contributed by atoms with Gasteiger partial charge in [0.15, 0.2) is 0 Å². The van der Waals surface area contributed by atoms with Gasteiger partial charge in [-0.2, -0.15) is 0 Å². The van der Waals surface area contributed by atoms with E-state index in [9.17, 15) is 0 Å². The highest BCUT2D eigenvalue weighted by Crippen LogP contribution is 2.50. The first-order valence-electron chi connectivity index (χ1n) is 18.0. The van der Waals surface area contributed by atoms with Gasteiger partial charge in [-0.3, -0.25) is 4.98 Å². The van der Waals surface area contributed by atoms with Crippen LogP contribution in [0.1, 0.15) is 25.0 Å². The molecule has 0 atom stereocenters. The lowest BCUT2D eigenvalue weighted by Gasteiger charge is -2.23. The van der Waals surface area contributed by atoms with Crippen molar-refractivity contribution in [2.45, 2.75) is 19.3 Å². The fourth-order valence-electron chi connectivity index (χ4n) is 8.86. The third kappa shape index (κ3) is 4.08. The predicted molar refractivity (Wildman–Crippen MR) is 217 cm³/mol. The Morgan fingerprint density at radius 3 is 1.67 bits per heavy atom. The number of nitrogens with zero attached hydrogens (tertiary/aromatic N) is 3. The summed E-state index contributed by atoms with van der Waals surface area (Å²) < 4.78 is 2.42. The van der Waals surface area contributed by atoms with Gasteiger partial charge in [-0.1, -0.05) is 135 Å². The van der Waals surface area contributed by atoms with Gasteiger partial charge >= 0.3 is 0 Å². The van der Waals surface area contributed by atoms with Gasteiger partial charge in [0.1, 0.15) is 0 Å². The molecule has 2 aromatic heterocycles. The van der Waals surface area contributed by atoms with Gasteiger partial charge in [0.05, 0.1) is 34.0 Å². The lowest BCUT2D eigenvalue weighted by atomic mass is 9.81. The Balaban J connectivity index is 1.000. The molecule has 1 aliphatic rings. The van der Waals surface area contributed by atoms with E-state index in [0.29, 0.717) is 0 Å². The summed E-state index contributed by atoms with van der Waals surface area (Å²) in [6.45, 7) is 4.73. The summed E-state index contributed by atoms with van der Waals surface area (Å²) in [6, 6.07) is 57.3. The Kier molecular flexibility index (Phi) is 6.01. The quantitative estimate of drug-likeness (QED) is 0.176. The van der Waals surface area contributed by atoms with Crippen LogP contribution in [-0.4, -0.2) is 14.5 Å². The van der Waals surface area contributed by atoms with Crippen LogP contribution in [0, 0.1) is 0 Å². The first kappa shape index (κ1) is 29.2. The number of hydrogen-bond donors (Lipinski definition) is 0.